The Morgan fingerprint density at radius 2 is 2.06 bits per heavy atom. The van der Waals surface area contributed by atoms with Gasteiger partial charge in [-0.25, -0.2) is 4.79 Å². The first kappa shape index (κ1) is 14.9. The van der Waals surface area contributed by atoms with Gasteiger partial charge in [-0.2, -0.15) is 11.8 Å². The fraction of sp³-hybridized carbons (Fsp3) is 0.500. The summed E-state index contributed by atoms with van der Waals surface area (Å²) in [6.45, 7) is 4.97. The van der Waals surface area contributed by atoms with Crippen LogP contribution in [0.4, 0.5) is 0 Å². The fourth-order valence-corrected chi connectivity index (χ4v) is 2.44. The average Bonchev–Trinajstić information content (AvgIpc) is 2.33. The fourth-order valence-electron chi connectivity index (χ4n) is 1.40. The van der Waals surface area contributed by atoms with Crippen LogP contribution in [0.25, 0.3) is 0 Å². The van der Waals surface area contributed by atoms with E-state index >= 15 is 0 Å². The lowest BCUT2D eigenvalue weighted by atomic mass is 10.2. The number of aromatic carboxylic acids is 1. The zero-order chi connectivity index (χ0) is 13.4. The first-order valence-corrected chi connectivity index (χ1v) is 7.29. The lowest BCUT2D eigenvalue weighted by Gasteiger charge is -2.09. The average molecular weight is 268 g/mol. The van der Waals surface area contributed by atoms with Crippen LogP contribution in [-0.2, 0) is 0 Å². The number of para-hydroxylation sites is 1. The number of carboxylic acid groups (broad SMARTS) is 1. The summed E-state index contributed by atoms with van der Waals surface area (Å²) in [5, 5.41) is 8.98. The summed E-state index contributed by atoms with van der Waals surface area (Å²) < 4.78 is 5.50. The van der Waals surface area contributed by atoms with Crippen molar-refractivity contribution in [3.8, 4) is 5.75 Å². The highest BCUT2D eigenvalue weighted by Gasteiger charge is 2.09. The van der Waals surface area contributed by atoms with Crippen LogP contribution in [0.3, 0.4) is 0 Å². The number of hydrogen-bond acceptors (Lipinski definition) is 3. The quantitative estimate of drug-likeness (QED) is 0.732. The van der Waals surface area contributed by atoms with E-state index in [2.05, 4.69) is 13.8 Å². The van der Waals surface area contributed by atoms with Crippen molar-refractivity contribution in [2.75, 3.05) is 18.1 Å². The Labute approximate surface area is 113 Å². The van der Waals surface area contributed by atoms with Crippen LogP contribution in [0.1, 0.15) is 30.6 Å². The molecule has 18 heavy (non-hydrogen) atoms. The van der Waals surface area contributed by atoms with Gasteiger partial charge in [0.1, 0.15) is 11.3 Å². The first-order chi connectivity index (χ1) is 8.61. The van der Waals surface area contributed by atoms with Crippen LogP contribution >= 0.6 is 11.8 Å². The van der Waals surface area contributed by atoms with E-state index in [4.69, 9.17) is 9.84 Å². The molecule has 1 aromatic carbocycles. The van der Waals surface area contributed by atoms with Gasteiger partial charge < -0.3 is 9.84 Å². The second-order valence-corrected chi connectivity index (χ2v) is 5.67. The molecule has 0 amide bonds. The molecule has 0 fully saturated rings. The Morgan fingerprint density at radius 3 is 2.72 bits per heavy atom. The van der Waals surface area contributed by atoms with Crippen LogP contribution in [-0.4, -0.2) is 29.2 Å². The van der Waals surface area contributed by atoms with Gasteiger partial charge in [-0.15, -0.1) is 0 Å². The van der Waals surface area contributed by atoms with Crippen molar-refractivity contribution >= 4 is 17.7 Å². The molecule has 0 unspecified atom stereocenters. The zero-order valence-electron chi connectivity index (χ0n) is 10.9. The van der Waals surface area contributed by atoms with Crippen molar-refractivity contribution in [2.24, 2.45) is 5.92 Å². The highest BCUT2D eigenvalue weighted by Crippen LogP contribution is 2.18. The Hall–Kier alpha value is -1.16. The van der Waals surface area contributed by atoms with E-state index < -0.39 is 5.97 Å². The van der Waals surface area contributed by atoms with Crippen molar-refractivity contribution in [2.45, 2.75) is 20.3 Å². The molecule has 0 saturated carbocycles. The Kier molecular flexibility index (Phi) is 6.65. The summed E-state index contributed by atoms with van der Waals surface area (Å²) in [6, 6.07) is 6.74. The predicted octanol–water partition coefficient (Wildman–Crippen LogP) is 3.54. The Morgan fingerprint density at radius 1 is 1.33 bits per heavy atom. The molecule has 0 atom stereocenters. The summed E-state index contributed by atoms with van der Waals surface area (Å²) in [5.41, 5.74) is 0.227. The third kappa shape index (κ3) is 5.45. The van der Waals surface area contributed by atoms with E-state index in [1.54, 1.807) is 24.3 Å². The van der Waals surface area contributed by atoms with E-state index in [1.165, 1.54) is 6.42 Å². The molecule has 100 valence electrons. The second kappa shape index (κ2) is 8.03. The summed E-state index contributed by atoms with van der Waals surface area (Å²) in [4.78, 5) is 10.9. The molecule has 0 aliphatic carbocycles. The lowest BCUT2D eigenvalue weighted by molar-refractivity contribution is 0.0692. The number of carboxylic acids is 1. The summed E-state index contributed by atoms with van der Waals surface area (Å²) in [6.07, 6.45) is 1.20. The minimum Gasteiger partial charge on any atom is -0.492 e. The third-order valence-corrected chi connectivity index (χ3v) is 3.42. The van der Waals surface area contributed by atoms with E-state index in [0.717, 1.165) is 17.4 Å². The van der Waals surface area contributed by atoms with Gasteiger partial charge in [-0.05, 0) is 30.2 Å². The van der Waals surface area contributed by atoms with Gasteiger partial charge in [0.05, 0.1) is 6.61 Å². The van der Waals surface area contributed by atoms with E-state index in [-0.39, 0.29) is 5.56 Å². The highest BCUT2D eigenvalue weighted by molar-refractivity contribution is 7.99. The van der Waals surface area contributed by atoms with Gasteiger partial charge in [0.2, 0.25) is 0 Å². The van der Waals surface area contributed by atoms with Crippen LogP contribution < -0.4 is 4.74 Å². The molecule has 0 spiro atoms. The minimum atomic E-state index is -0.946. The van der Waals surface area contributed by atoms with Crippen LogP contribution in [0.15, 0.2) is 24.3 Å². The van der Waals surface area contributed by atoms with Gasteiger partial charge >= 0.3 is 5.97 Å². The monoisotopic (exact) mass is 268 g/mol. The van der Waals surface area contributed by atoms with Crippen molar-refractivity contribution < 1.29 is 14.6 Å². The Bertz CT molecular complexity index is 377. The smallest absolute Gasteiger partial charge is 0.339 e. The lowest BCUT2D eigenvalue weighted by Crippen LogP contribution is -2.06. The molecular weight excluding hydrogens is 248 g/mol. The maximum absolute atomic E-state index is 10.9. The van der Waals surface area contributed by atoms with Gasteiger partial charge in [0, 0.05) is 5.75 Å². The SMILES string of the molecule is CC(C)CCSCCOc1ccccc1C(=O)O. The molecule has 0 aromatic heterocycles. The molecule has 0 heterocycles. The van der Waals surface area contributed by atoms with Crippen molar-refractivity contribution in [1.82, 2.24) is 0 Å². The largest absolute Gasteiger partial charge is 0.492 e. The van der Waals surface area contributed by atoms with Gasteiger partial charge in [-0.1, -0.05) is 26.0 Å². The van der Waals surface area contributed by atoms with Crippen LogP contribution in [0, 0.1) is 5.92 Å². The molecular formula is C14H20O3S. The van der Waals surface area contributed by atoms with E-state index in [1.807, 2.05) is 11.8 Å². The molecule has 1 aromatic rings. The van der Waals surface area contributed by atoms with Crippen LogP contribution in [0.2, 0.25) is 0 Å². The normalized spacial score (nSPS) is 10.6. The van der Waals surface area contributed by atoms with Crippen LogP contribution in [0.5, 0.6) is 5.75 Å². The van der Waals surface area contributed by atoms with Crippen molar-refractivity contribution in [3.63, 3.8) is 0 Å². The first-order valence-electron chi connectivity index (χ1n) is 6.14. The predicted molar refractivity (Wildman–Crippen MR) is 75.7 cm³/mol. The van der Waals surface area contributed by atoms with Crippen molar-refractivity contribution in [1.29, 1.82) is 0 Å². The molecule has 0 radical (unpaired) electrons. The molecule has 3 nitrogen and oxygen atoms in total. The topological polar surface area (TPSA) is 46.5 Å². The number of hydrogen-bond donors (Lipinski definition) is 1. The summed E-state index contributed by atoms with van der Waals surface area (Å²) in [5.74, 6) is 2.25. The summed E-state index contributed by atoms with van der Waals surface area (Å²) in [7, 11) is 0. The van der Waals surface area contributed by atoms with E-state index in [9.17, 15) is 4.79 Å². The molecule has 1 rings (SSSR count). The maximum Gasteiger partial charge on any atom is 0.339 e. The molecule has 4 heteroatoms. The summed E-state index contributed by atoms with van der Waals surface area (Å²) >= 11 is 1.84. The van der Waals surface area contributed by atoms with Gasteiger partial charge in [0.15, 0.2) is 0 Å². The third-order valence-electron chi connectivity index (χ3n) is 2.44. The number of ether oxygens (including phenoxy) is 1. The number of carbonyl (C=O) groups is 1. The highest BCUT2D eigenvalue weighted by atomic mass is 32.2. The molecule has 1 N–H and O–H groups in total. The van der Waals surface area contributed by atoms with Gasteiger partial charge in [-0.3, -0.25) is 0 Å². The molecule has 0 saturated heterocycles. The molecule has 0 aliphatic heterocycles. The standard InChI is InChI=1S/C14H20O3S/c1-11(2)7-9-18-10-8-17-13-6-4-3-5-12(13)14(15)16/h3-6,11H,7-10H2,1-2H3,(H,15,16). The second-order valence-electron chi connectivity index (χ2n) is 4.44. The number of thioether (sulfide) groups is 1. The number of benzene rings is 1. The minimum absolute atomic E-state index is 0.227. The zero-order valence-corrected chi connectivity index (χ0v) is 11.7. The number of rotatable bonds is 8. The van der Waals surface area contributed by atoms with E-state index in [0.29, 0.717) is 12.4 Å². The van der Waals surface area contributed by atoms with Crippen molar-refractivity contribution in [3.05, 3.63) is 29.8 Å². The molecule has 0 bridgehead atoms. The molecule has 0 aliphatic rings. The van der Waals surface area contributed by atoms with Gasteiger partial charge in [0.25, 0.3) is 0 Å². The Balaban J connectivity index is 2.29. The maximum atomic E-state index is 10.9.